The third-order valence-electron chi connectivity index (χ3n) is 2.77. The summed E-state index contributed by atoms with van der Waals surface area (Å²) in [5.74, 6) is -0.144. The van der Waals surface area contributed by atoms with Crippen LogP contribution in [0.4, 0.5) is 0 Å². The van der Waals surface area contributed by atoms with E-state index in [1.165, 1.54) is 15.6 Å². The van der Waals surface area contributed by atoms with Gasteiger partial charge in [-0.1, -0.05) is 19.1 Å². The number of aryl methyl sites for hydroxylation is 1. The molecule has 0 saturated heterocycles. The first-order valence-electron chi connectivity index (χ1n) is 5.89. The van der Waals surface area contributed by atoms with E-state index >= 15 is 0 Å². The minimum atomic E-state index is -0.144. The number of carbonyl (C=O) groups excluding carboxylic acids is 1. The van der Waals surface area contributed by atoms with Crippen molar-refractivity contribution >= 4 is 27.4 Å². The fourth-order valence-corrected chi connectivity index (χ4v) is 2.80. The Morgan fingerprint density at radius 1 is 1.35 bits per heavy atom. The summed E-state index contributed by atoms with van der Waals surface area (Å²) in [6.07, 6.45) is 1.39. The third-order valence-corrected chi connectivity index (χ3v) is 3.78. The summed E-state index contributed by atoms with van der Waals surface area (Å²) in [5, 5.41) is 3.25. The van der Waals surface area contributed by atoms with Crippen LogP contribution < -0.4 is 0 Å². The molecule has 0 bridgehead atoms. The number of thiophene rings is 1. The molecule has 2 nitrogen and oxygen atoms in total. The minimum Gasteiger partial charge on any atom is -0.466 e. The van der Waals surface area contributed by atoms with Crippen LogP contribution in [0.2, 0.25) is 0 Å². The van der Waals surface area contributed by atoms with E-state index in [1.54, 1.807) is 11.3 Å². The molecule has 0 amide bonds. The summed E-state index contributed by atoms with van der Waals surface area (Å²) >= 11 is 1.69. The van der Waals surface area contributed by atoms with Gasteiger partial charge in [-0.05, 0) is 41.3 Å². The van der Waals surface area contributed by atoms with Gasteiger partial charge in [-0.3, -0.25) is 4.79 Å². The van der Waals surface area contributed by atoms with E-state index in [9.17, 15) is 4.79 Å². The van der Waals surface area contributed by atoms with E-state index in [-0.39, 0.29) is 5.97 Å². The van der Waals surface area contributed by atoms with Crippen molar-refractivity contribution in [3.05, 3.63) is 34.7 Å². The Labute approximate surface area is 105 Å². The molecule has 0 N–H and O–H groups in total. The Bertz CT molecular complexity index is 528. The minimum absolute atomic E-state index is 0.144. The van der Waals surface area contributed by atoms with Crippen LogP contribution >= 0.6 is 11.3 Å². The van der Waals surface area contributed by atoms with Crippen LogP contribution in [-0.4, -0.2) is 12.6 Å². The van der Waals surface area contributed by atoms with Gasteiger partial charge in [0.15, 0.2) is 0 Å². The molecule has 0 aliphatic rings. The van der Waals surface area contributed by atoms with Crippen LogP contribution in [0.15, 0.2) is 23.6 Å². The molecule has 90 valence electrons. The van der Waals surface area contributed by atoms with E-state index in [0.29, 0.717) is 13.0 Å². The van der Waals surface area contributed by atoms with E-state index in [2.05, 4.69) is 30.5 Å². The van der Waals surface area contributed by atoms with Crippen LogP contribution in [-0.2, 0) is 22.4 Å². The molecular formula is C14H16O2S. The Morgan fingerprint density at radius 3 is 2.88 bits per heavy atom. The highest BCUT2D eigenvalue weighted by molar-refractivity contribution is 7.17. The van der Waals surface area contributed by atoms with Crippen molar-refractivity contribution in [1.29, 1.82) is 0 Å². The maximum Gasteiger partial charge on any atom is 0.310 e. The molecule has 0 saturated carbocycles. The van der Waals surface area contributed by atoms with Crippen LogP contribution in [0.3, 0.4) is 0 Å². The highest BCUT2D eigenvalue weighted by atomic mass is 32.1. The van der Waals surface area contributed by atoms with E-state index < -0.39 is 0 Å². The topological polar surface area (TPSA) is 26.3 Å². The first-order chi connectivity index (χ1) is 8.24. The molecule has 0 aliphatic heterocycles. The zero-order valence-corrected chi connectivity index (χ0v) is 11.0. The Balaban J connectivity index is 2.30. The fraction of sp³-hybridized carbons (Fsp3) is 0.357. The number of hydrogen-bond acceptors (Lipinski definition) is 3. The van der Waals surface area contributed by atoms with Gasteiger partial charge in [0.25, 0.3) is 0 Å². The molecular weight excluding hydrogens is 232 g/mol. The molecule has 0 unspecified atom stereocenters. The van der Waals surface area contributed by atoms with Crippen LogP contribution in [0.5, 0.6) is 0 Å². The van der Waals surface area contributed by atoms with Gasteiger partial charge >= 0.3 is 5.97 Å². The summed E-state index contributed by atoms with van der Waals surface area (Å²) in [4.78, 5) is 11.5. The first kappa shape index (κ1) is 12.1. The lowest BCUT2D eigenvalue weighted by Crippen LogP contribution is -2.06. The summed E-state index contributed by atoms with van der Waals surface area (Å²) in [7, 11) is 0. The largest absolute Gasteiger partial charge is 0.466 e. The number of ether oxygens (including phenoxy) is 1. The lowest BCUT2D eigenvalue weighted by Gasteiger charge is -2.02. The number of carbonyl (C=O) groups is 1. The summed E-state index contributed by atoms with van der Waals surface area (Å²) in [5.41, 5.74) is 2.39. The van der Waals surface area contributed by atoms with Crippen molar-refractivity contribution < 1.29 is 9.53 Å². The number of rotatable bonds is 4. The van der Waals surface area contributed by atoms with Gasteiger partial charge in [0, 0.05) is 4.70 Å². The van der Waals surface area contributed by atoms with E-state index in [4.69, 9.17) is 4.74 Å². The average Bonchev–Trinajstić information content (AvgIpc) is 2.72. The van der Waals surface area contributed by atoms with Crippen molar-refractivity contribution in [2.75, 3.05) is 6.61 Å². The van der Waals surface area contributed by atoms with Gasteiger partial charge in [-0.15, -0.1) is 11.3 Å². The number of esters is 1. The van der Waals surface area contributed by atoms with Gasteiger partial charge in [0.2, 0.25) is 0 Å². The lowest BCUT2D eigenvalue weighted by atomic mass is 10.1. The number of benzene rings is 1. The van der Waals surface area contributed by atoms with Crippen molar-refractivity contribution in [3.63, 3.8) is 0 Å². The molecule has 0 aliphatic carbocycles. The molecule has 3 heteroatoms. The predicted octanol–water partition coefficient (Wildman–Crippen LogP) is 3.57. The fourth-order valence-electron chi connectivity index (χ4n) is 1.85. The summed E-state index contributed by atoms with van der Waals surface area (Å²) < 4.78 is 6.22. The molecule has 2 rings (SSSR count). The quantitative estimate of drug-likeness (QED) is 0.773. The second-order valence-corrected chi connectivity index (χ2v) is 4.84. The van der Waals surface area contributed by atoms with Crippen LogP contribution in [0.1, 0.15) is 25.0 Å². The van der Waals surface area contributed by atoms with E-state index in [1.807, 2.05) is 6.92 Å². The third kappa shape index (κ3) is 2.67. The molecule has 0 atom stereocenters. The average molecular weight is 248 g/mol. The van der Waals surface area contributed by atoms with Crippen LogP contribution in [0.25, 0.3) is 10.1 Å². The second-order valence-electron chi connectivity index (χ2n) is 3.93. The standard InChI is InChI=1S/C14H16O2S/c1-3-10-5-6-13-12(7-10)11(9-17-13)8-14(15)16-4-2/h5-7,9H,3-4,8H2,1-2H3. The Kier molecular flexibility index (Phi) is 3.79. The number of fused-ring (bicyclic) bond motifs is 1. The predicted molar refractivity (Wildman–Crippen MR) is 71.5 cm³/mol. The zero-order valence-electron chi connectivity index (χ0n) is 10.2. The molecule has 0 spiro atoms. The van der Waals surface area contributed by atoms with Crippen molar-refractivity contribution in [2.45, 2.75) is 26.7 Å². The molecule has 17 heavy (non-hydrogen) atoms. The van der Waals surface area contributed by atoms with Gasteiger partial charge in [0.05, 0.1) is 13.0 Å². The highest BCUT2D eigenvalue weighted by Crippen LogP contribution is 2.27. The SMILES string of the molecule is CCOC(=O)Cc1csc2ccc(CC)cc12. The maximum atomic E-state index is 11.5. The Hall–Kier alpha value is -1.35. The normalized spacial score (nSPS) is 10.7. The molecule has 1 aromatic heterocycles. The van der Waals surface area contributed by atoms with Crippen molar-refractivity contribution in [3.8, 4) is 0 Å². The van der Waals surface area contributed by atoms with Crippen molar-refractivity contribution in [1.82, 2.24) is 0 Å². The first-order valence-corrected chi connectivity index (χ1v) is 6.77. The molecule has 0 radical (unpaired) electrons. The van der Waals surface area contributed by atoms with Gasteiger partial charge in [0.1, 0.15) is 0 Å². The molecule has 1 aromatic carbocycles. The molecule has 1 heterocycles. The Morgan fingerprint density at radius 2 is 2.18 bits per heavy atom. The van der Waals surface area contributed by atoms with Gasteiger partial charge in [-0.25, -0.2) is 0 Å². The number of hydrogen-bond donors (Lipinski definition) is 0. The zero-order chi connectivity index (χ0) is 12.3. The molecule has 0 fully saturated rings. The van der Waals surface area contributed by atoms with E-state index in [0.717, 1.165) is 12.0 Å². The summed E-state index contributed by atoms with van der Waals surface area (Å²) in [6.45, 7) is 4.42. The maximum absolute atomic E-state index is 11.5. The van der Waals surface area contributed by atoms with Crippen LogP contribution in [0, 0.1) is 0 Å². The van der Waals surface area contributed by atoms with Gasteiger partial charge < -0.3 is 4.74 Å². The molecule has 2 aromatic rings. The lowest BCUT2D eigenvalue weighted by molar-refractivity contribution is -0.142. The highest BCUT2D eigenvalue weighted by Gasteiger charge is 2.09. The van der Waals surface area contributed by atoms with Crippen molar-refractivity contribution in [2.24, 2.45) is 0 Å². The second kappa shape index (κ2) is 5.32. The summed E-state index contributed by atoms with van der Waals surface area (Å²) in [6, 6.07) is 6.46. The smallest absolute Gasteiger partial charge is 0.310 e. The monoisotopic (exact) mass is 248 g/mol. The van der Waals surface area contributed by atoms with Gasteiger partial charge in [-0.2, -0.15) is 0 Å².